The molecule has 1 amide bonds. The van der Waals surface area contributed by atoms with Gasteiger partial charge in [0.05, 0.1) is 6.61 Å². The lowest BCUT2D eigenvalue weighted by Gasteiger charge is -2.28. The molecule has 25 heavy (non-hydrogen) atoms. The number of unbranched alkanes of at least 4 members (excludes halogenated alkanes) is 1. The average Bonchev–Trinajstić information content (AvgIpc) is 3.09. The Morgan fingerprint density at radius 1 is 1.32 bits per heavy atom. The highest BCUT2D eigenvalue weighted by Gasteiger charge is 2.25. The van der Waals surface area contributed by atoms with E-state index in [0.717, 1.165) is 51.1 Å². The third-order valence-corrected chi connectivity index (χ3v) is 4.65. The molecular formula is C20H33ClN2O2. The van der Waals surface area contributed by atoms with Crippen LogP contribution in [-0.2, 0) is 4.79 Å². The van der Waals surface area contributed by atoms with E-state index in [1.807, 2.05) is 0 Å². The van der Waals surface area contributed by atoms with Gasteiger partial charge < -0.3 is 15.0 Å². The van der Waals surface area contributed by atoms with Crippen molar-refractivity contribution in [2.75, 3.05) is 26.2 Å². The maximum absolute atomic E-state index is 12.5. The summed E-state index contributed by atoms with van der Waals surface area (Å²) in [5, 5.41) is 3.36. The summed E-state index contributed by atoms with van der Waals surface area (Å²) in [5.74, 6) is 1.27. The highest BCUT2D eigenvalue weighted by atomic mass is 35.5. The Kier molecular flexibility index (Phi) is 9.91. The van der Waals surface area contributed by atoms with E-state index in [2.05, 4.69) is 49.2 Å². The first-order chi connectivity index (χ1) is 11.6. The van der Waals surface area contributed by atoms with Crippen molar-refractivity contribution in [1.82, 2.24) is 10.2 Å². The first-order valence-electron chi connectivity index (χ1n) is 9.32. The summed E-state index contributed by atoms with van der Waals surface area (Å²) in [6, 6.07) is 6.66. The number of hydrogen-bond donors (Lipinski definition) is 1. The molecule has 0 spiro atoms. The zero-order valence-corrected chi connectivity index (χ0v) is 16.7. The number of carbonyl (C=O) groups excluding carboxylic acids is 1. The molecule has 142 valence electrons. The molecule has 0 saturated carbocycles. The second-order valence-electron chi connectivity index (χ2n) is 6.81. The molecule has 1 aliphatic rings. The third kappa shape index (κ3) is 6.87. The van der Waals surface area contributed by atoms with Crippen molar-refractivity contribution < 1.29 is 9.53 Å². The first-order valence-corrected chi connectivity index (χ1v) is 9.32. The summed E-state index contributed by atoms with van der Waals surface area (Å²) < 4.78 is 5.87. The molecule has 4 nitrogen and oxygen atoms in total. The number of nitrogens with zero attached hydrogens (tertiary/aromatic N) is 1. The van der Waals surface area contributed by atoms with Crippen LogP contribution in [0.3, 0.4) is 0 Å². The van der Waals surface area contributed by atoms with Crippen LogP contribution in [0.2, 0.25) is 0 Å². The van der Waals surface area contributed by atoms with E-state index in [0.29, 0.717) is 25.0 Å². The quantitative estimate of drug-likeness (QED) is 0.672. The summed E-state index contributed by atoms with van der Waals surface area (Å²) in [4.78, 5) is 14.6. The molecule has 0 bridgehead atoms. The van der Waals surface area contributed by atoms with E-state index in [9.17, 15) is 4.79 Å². The number of benzene rings is 1. The van der Waals surface area contributed by atoms with Crippen molar-refractivity contribution in [3.05, 3.63) is 29.3 Å². The smallest absolute Gasteiger partial charge is 0.222 e. The fourth-order valence-corrected chi connectivity index (χ4v) is 3.22. The zero-order valence-electron chi connectivity index (χ0n) is 15.8. The Morgan fingerprint density at radius 2 is 2.12 bits per heavy atom. The topological polar surface area (TPSA) is 41.6 Å². The summed E-state index contributed by atoms with van der Waals surface area (Å²) in [5.41, 5.74) is 2.38. The molecule has 1 heterocycles. The number of hydrogen-bond acceptors (Lipinski definition) is 3. The Balaban J connectivity index is 0.00000312. The number of halogens is 1. The fourth-order valence-electron chi connectivity index (χ4n) is 3.22. The monoisotopic (exact) mass is 368 g/mol. The van der Waals surface area contributed by atoms with Crippen molar-refractivity contribution in [3.8, 4) is 5.75 Å². The molecule has 1 aliphatic heterocycles. The van der Waals surface area contributed by atoms with E-state index in [1.54, 1.807) is 0 Å². The van der Waals surface area contributed by atoms with E-state index in [-0.39, 0.29) is 12.4 Å². The zero-order chi connectivity index (χ0) is 17.4. The molecular weight excluding hydrogens is 336 g/mol. The van der Waals surface area contributed by atoms with Crippen molar-refractivity contribution in [2.45, 2.75) is 58.9 Å². The molecule has 1 atom stereocenters. The van der Waals surface area contributed by atoms with Crippen LogP contribution in [0.5, 0.6) is 5.75 Å². The van der Waals surface area contributed by atoms with Gasteiger partial charge in [-0.25, -0.2) is 0 Å². The number of amides is 1. The standard InChI is InChI=1S/C20H32N2O2.ClH/c1-4-12-22(18-10-11-21-15-18)20(23)7-5-6-13-24-19-14-16(2)8-9-17(19)3;/h8-9,14,18,21H,4-7,10-13,15H2,1-3H3;1H. The highest BCUT2D eigenvalue weighted by Crippen LogP contribution is 2.19. The SMILES string of the molecule is CCCN(C(=O)CCCCOc1cc(C)ccc1C)C1CCNC1.Cl. The predicted octanol–water partition coefficient (Wildman–Crippen LogP) is 3.87. The third-order valence-electron chi connectivity index (χ3n) is 4.65. The number of ether oxygens (including phenoxy) is 1. The van der Waals surface area contributed by atoms with Gasteiger partial charge in [0.15, 0.2) is 0 Å². The van der Waals surface area contributed by atoms with Gasteiger partial charge in [0.25, 0.3) is 0 Å². The Bertz CT molecular complexity index is 530. The average molecular weight is 369 g/mol. The lowest BCUT2D eigenvalue weighted by atomic mass is 10.1. The molecule has 1 aromatic rings. The second kappa shape index (κ2) is 11.4. The lowest BCUT2D eigenvalue weighted by Crippen LogP contribution is -2.42. The van der Waals surface area contributed by atoms with Crippen LogP contribution in [0.4, 0.5) is 0 Å². The van der Waals surface area contributed by atoms with Crippen molar-refractivity contribution in [2.24, 2.45) is 0 Å². The van der Waals surface area contributed by atoms with Gasteiger partial charge in [-0.3, -0.25) is 4.79 Å². The molecule has 5 heteroatoms. The van der Waals surface area contributed by atoms with Crippen LogP contribution in [0, 0.1) is 13.8 Å². The minimum absolute atomic E-state index is 0. The predicted molar refractivity (Wildman–Crippen MR) is 106 cm³/mol. The summed E-state index contributed by atoms with van der Waals surface area (Å²) in [6.45, 7) is 9.81. The van der Waals surface area contributed by atoms with Crippen molar-refractivity contribution in [1.29, 1.82) is 0 Å². The Hall–Kier alpha value is -1.26. The normalized spacial score (nSPS) is 16.4. The van der Waals surface area contributed by atoms with E-state index in [4.69, 9.17) is 4.74 Å². The number of rotatable bonds is 9. The highest BCUT2D eigenvalue weighted by molar-refractivity contribution is 5.85. The minimum Gasteiger partial charge on any atom is -0.493 e. The van der Waals surface area contributed by atoms with Crippen molar-refractivity contribution >= 4 is 18.3 Å². The van der Waals surface area contributed by atoms with Crippen LogP contribution in [0.25, 0.3) is 0 Å². The Morgan fingerprint density at radius 3 is 2.80 bits per heavy atom. The van der Waals surface area contributed by atoms with Gasteiger partial charge in [0, 0.05) is 25.6 Å². The maximum Gasteiger partial charge on any atom is 0.222 e. The molecule has 2 rings (SSSR count). The molecule has 0 aliphatic carbocycles. The molecule has 1 N–H and O–H groups in total. The van der Waals surface area contributed by atoms with Gasteiger partial charge >= 0.3 is 0 Å². The molecule has 0 radical (unpaired) electrons. The Labute approximate surface area is 158 Å². The van der Waals surface area contributed by atoms with Gasteiger partial charge in [0.1, 0.15) is 5.75 Å². The lowest BCUT2D eigenvalue weighted by molar-refractivity contribution is -0.133. The van der Waals surface area contributed by atoms with Gasteiger partial charge in [-0.15, -0.1) is 12.4 Å². The number of nitrogens with one attached hydrogen (secondary N) is 1. The largest absolute Gasteiger partial charge is 0.493 e. The molecule has 0 aromatic heterocycles. The molecule has 1 fully saturated rings. The molecule has 1 saturated heterocycles. The van der Waals surface area contributed by atoms with Crippen LogP contribution in [-0.4, -0.2) is 43.1 Å². The fraction of sp³-hybridized carbons (Fsp3) is 0.650. The summed E-state index contributed by atoms with van der Waals surface area (Å²) in [6.07, 6.45) is 4.55. The maximum atomic E-state index is 12.5. The van der Waals surface area contributed by atoms with Crippen LogP contribution in [0.1, 0.15) is 50.2 Å². The van der Waals surface area contributed by atoms with E-state index < -0.39 is 0 Å². The van der Waals surface area contributed by atoms with Crippen LogP contribution < -0.4 is 10.1 Å². The minimum atomic E-state index is 0. The van der Waals surface area contributed by atoms with Gasteiger partial charge in [0.2, 0.25) is 5.91 Å². The van der Waals surface area contributed by atoms with E-state index >= 15 is 0 Å². The van der Waals surface area contributed by atoms with Crippen LogP contribution >= 0.6 is 12.4 Å². The second-order valence-corrected chi connectivity index (χ2v) is 6.81. The molecule has 1 unspecified atom stereocenters. The summed E-state index contributed by atoms with van der Waals surface area (Å²) in [7, 11) is 0. The van der Waals surface area contributed by atoms with E-state index in [1.165, 1.54) is 11.1 Å². The van der Waals surface area contributed by atoms with Gasteiger partial charge in [-0.2, -0.15) is 0 Å². The molecule has 1 aromatic carbocycles. The van der Waals surface area contributed by atoms with Crippen LogP contribution in [0.15, 0.2) is 18.2 Å². The van der Waals surface area contributed by atoms with Crippen molar-refractivity contribution in [3.63, 3.8) is 0 Å². The number of aryl methyl sites for hydroxylation is 2. The summed E-state index contributed by atoms with van der Waals surface area (Å²) >= 11 is 0. The first kappa shape index (κ1) is 21.8. The number of carbonyl (C=O) groups is 1. The van der Waals surface area contributed by atoms with Gasteiger partial charge in [-0.05, 0) is 63.3 Å². The van der Waals surface area contributed by atoms with Gasteiger partial charge in [-0.1, -0.05) is 19.1 Å².